The second-order valence-electron chi connectivity index (χ2n) is 4.75. The summed E-state index contributed by atoms with van der Waals surface area (Å²) in [6, 6.07) is 0. The number of ether oxygens (including phenoxy) is 3. The topological polar surface area (TPSA) is 78.9 Å². The fourth-order valence-corrected chi connectivity index (χ4v) is 2.51. The van der Waals surface area contributed by atoms with Crippen molar-refractivity contribution in [3.05, 3.63) is 11.6 Å². The molecule has 0 spiro atoms. The van der Waals surface area contributed by atoms with Crippen LogP contribution in [0.15, 0.2) is 11.6 Å². The van der Waals surface area contributed by atoms with Crippen molar-refractivity contribution in [1.82, 2.24) is 0 Å². The quantitative estimate of drug-likeness (QED) is 0.422. The Hall–Kier alpha value is -1.85. The van der Waals surface area contributed by atoms with E-state index in [0.717, 1.165) is 5.57 Å². The van der Waals surface area contributed by atoms with E-state index in [0.29, 0.717) is 6.42 Å². The minimum atomic E-state index is -0.375. The fourth-order valence-electron chi connectivity index (χ4n) is 2.51. The Labute approximate surface area is 110 Å². The minimum absolute atomic E-state index is 0.0302. The summed E-state index contributed by atoms with van der Waals surface area (Å²) in [7, 11) is 0. The maximum atomic E-state index is 11.3. The Morgan fingerprint density at radius 3 is 2.63 bits per heavy atom. The normalized spacial score (nSPS) is 28.4. The monoisotopic (exact) mass is 268 g/mol. The zero-order chi connectivity index (χ0) is 14.0. The Morgan fingerprint density at radius 1 is 1.32 bits per heavy atom. The third-order valence-corrected chi connectivity index (χ3v) is 3.37. The highest BCUT2D eigenvalue weighted by atomic mass is 16.6. The third-order valence-electron chi connectivity index (χ3n) is 3.37. The van der Waals surface area contributed by atoms with Gasteiger partial charge in [-0.15, -0.1) is 0 Å². The molecule has 1 aliphatic heterocycles. The molecule has 0 radical (unpaired) electrons. The van der Waals surface area contributed by atoms with Crippen LogP contribution < -0.4 is 0 Å². The predicted molar refractivity (Wildman–Crippen MR) is 62.8 cm³/mol. The van der Waals surface area contributed by atoms with E-state index in [1.165, 1.54) is 13.8 Å². The van der Waals surface area contributed by atoms with Crippen LogP contribution >= 0.6 is 0 Å². The molecule has 1 aliphatic carbocycles. The standard InChI is InChI=1S/C13H16O6/c1-7(14)17-5-9-3-12-10(4-13(16)19-12)11(9)6-18-8(2)15/h3,10-12H,4-6H2,1-2H3/t10-,11-,12+/m1/s1. The average molecular weight is 268 g/mol. The van der Waals surface area contributed by atoms with Crippen molar-refractivity contribution in [2.45, 2.75) is 26.4 Å². The van der Waals surface area contributed by atoms with Crippen molar-refractivity contribution >= 4 is 17.9 Å². The van der Waals surface area contributed by atoms with Crippen molar-refractivity contribution in [2.75, 3.05) is 13.2 Å². The zero-order valence-corrected chi connectivity index (χ0v) is 10.9. The van der Waals surface area contributed by atoms with Gasteiger partial charge in [0.15, 0.2) is 0 Å². The summed E-state index contributed by atoms with van der Waals surface area (Å²) >= 11 is 0. The highest BCUT2D eigenvalue weighted by molar-refractivity contribution is 5.73. The van der Waals surface area contributed by atoms with Crippen LogP contribution in [-0.4, -0.2) is 37.2 Å². The molecule has 3 atom stereocenters. The van der Waals surface area contributed by atoms with Crippen LogP contribution in [0, 0.1) is 11.8 Å². The summed E-state index contributed by atoms with van der Waals surface area (Å²) in [5.74, 6) is -1.15. The molecule has 104 valence electrons. The Bertz CT molecular complexity index is 438. The molecular formula is C13H16O6. The first-order chi connectivity index (χ1) is 8.97. The molecule has 0 aromatic rings. The van der Waals surface area contributed by atoms with Gasteiger partial charge in [-0.25, -0.2) is 0 Å². The lowest BCUT2D eigenvalue weighted by atomic mass is 9.89. The molecule has 0 bridgehead atoms. The van der Waals surface area contributed by atoms with Gasteiger partial charge in [-0.2, -0.15) is 0 Å². The SMILES string of the molecule is CC(=O)OCC1=C[C@@H]2OC(=O)C[C@@H]2[C@@H]1COC(C)=O. The Balaban J connectivity index is 2.05. The second-order valence-corrected chi connectivity index (χ2v) is 4.75. The molecule has 6 heteroatoms. The van der Waals surface area contributed by atoms with Crippen LogP contribution in [0.3, 0.4) is 0 Å². The van der Waals surface area contributed by atoms with E-state index in [-0.39, 0.29) is 49.1 Å². The van der Waals surface area contributed by atoms with Gasteiger partial charge in [0.25, 0.3) is 0 Å². The van der Waals surface area contributed by atoms with Gasteiger partial charge in [-0.1, -0.05) is 0 Å². The Morgan fingerprint density at radius 2 is 2.00 bits per heavy atom. The van der Waals surface area contributed by atoms with Gasteiger partial charge in [0.1, 0.15) is 12.7 Å². The molecule has 6 nitrogen and oxygen atoms in total. The molecule has 1 fully saturated rings. The highest BCUT2D eigenvalue weighted by Crippen LogP contribution is 2.40. The predicted octanol–water partition coefficient (Wildman–Crippen LogP) is 0.600. The second kappa shape index (κ2) is 5.42. The maximum Gasteiger partial charge on any atom is 0.306 e. The van der Waals surface area contributed by atoms with Crippen LogP contribution in [-0.2, 0) is 28.6 Å². The van der Waals surface area contributed by atoms with Gasteiger partial charge in [0.2, 0.25) is 0 Å². The van der Waals surface area contributed by atoms with Crippen LogP contribution in [0.25, 0.3) is 0 Å². The summed E-state index contributed by atoms with van der Waals surface area (Å²) in [5.41, 5.74) is 0.846. The Kier molecular flexibility index (Phi) is 3.87. The average Bonchev–Trinajstić information content (AvgIpc) is 2.79. The first-order valence-corrected chi connectivity index (χ1v) is 6.14. The summed E-state index contributed by atoms with van der Waals surface area (Å²) in [5, 5.41) is 0. The van der Waals surface area contributed by atoms with E-state index in [9.17, 15) is 14.4 Å². The molecule has 0 N–H and O–H groups in total. The lowest BCUT2D eigenvalue weighted by Gasteiger charge is -2.19. The molecule has 1 saturated heterocycles. The fraction of sp³-hybridized carbons (Fsp3) is 0.615. The van der Waals surface area contributed by atoms with Gasteiger partial charge >= 0.3 is 17.9 Å². The van der Waals surface area contributed by atoms with E-state index in [1.807, 2.05) is 0 Å². The molecule has 19 heavy (non-hydrogen) atoms. The number of fused-ring (bicyclic) bond motifs is 1. The van der Waals surface area contributed by atoms with Gasteiger partial charge in [0, 0.05) is 25.7 Å². The summed E-state index contributed by atoms with van der Waals surface area (Å²) < 4.78 is 15.1. The van der Waals surface area contributed by atoms with Gasteiger partial charge < -0.3 is 14.2 Å². The number of carbonyl (C=O) groups excluding carboxylic acids is 3. The molecule has 0 amide bonds. The smallest absolute Gasteiger partial charge is 0.306 e. The van der Waals surface area contributed by atoms with E-state index in [1.54, 1.807) is 6.08 Å². The van der Waals surface area contributed by atoms with Crippen LogP contribution in [0.1, 0.15) is 20.3 Å². The molecule has 1 heterocycles. The molecular weight excluding hydrogens is 252 g/mol. The number of hydrogen-bond donors (Lipinski definition) is 0. The first kappa shape index (κ1) is 13.6. The van der Waals surface area contributed by atoms with Crippen LogP contribution in [0.5, 0.6) is 0 Å². The molecule has 0 aromatic heterocycles. The van der Waals surface area contributed by atoms with Crippen LogP contribution in [0.2, 0.25) is 0 Å². The van der Waals surface area contributed by atoms with E-state index >= 15 is 0 Å². The van der Waals surface area contributed by atoms with Crippen LogP contribution in [0.4, 0.5) is 0 Å². The van der Waals surface area contributed by atoms with Crippen molar-refractivity contribution < 1.29 is 28.6 Å². The summed E-state index contributed by atoms with van der Waals surface area (Å²) in [6.45, 7) is 2.99. The largest absolute Gasteiger partial charge is 0.465 e. The maximum absolute atomic E-state index is 11.3. The number of esters is 3. The van der Waals surface area contributed by atoms with Crippen molar-refractivity contribution in [3.63, 3.8) is 0 Å². The highest BCUT2D eigenvalue weighted by Gasteiger charge is 2.45. The van der Waals surface area contributed by atoms with Gasteiger partial charge in [-0.3, -0.25) is 14.4 Å². The summed E-state index contributed by atoms with van der Waals surface area (Å²) in [4.78, 5) is 33.0. The lowest BCUT2D eigenvalue weighted by Crippen LogP contribution is -2.24. The van der Waals surface area contributed by atoms with Crippen molar-refractivity contribution in [3.8, 4) is 0 Å². The van der Waals surface area contributed by atoms with E-state index in [4.69, 9.17) is 14.2 Å². The van der Waals surface area contributed by atoms with Crippen molar-refractivity contribution in [2.24, 2.45) is 11.8 Å². The number of rotatable bonds is 4. The van der Waals surface area contributed by atoms with E-state index < -0.39 is 0 Å². The third kappa shape index (κ3) is 3.13. The molecule has 0 unspecified atom stereocenters. The lowest BCUT2D eigenvalue weighted by molar-refractivity contribution is -0.143. The molecule has 2 aliphatic rings. The van der Waals surface area contributed by atoms with Gasteiger partial charge in [-0.05, 0) is 11.6 Å². The number of carbonyl (C=O) groups is 3. The van der Waals surface area contributed by atoms with E-state index in [2.05, 4.69) is 0 Å². The molecule has 0 saturated carbocycles. The first-order valence-electron chi connectivity index (χ1n) is 6.14. The van der Waals surface area contributed by atoms with Crippen molar-refractivity contribution in [1.29, 1.82) is 0 Å². The number of hydrogen-bond acceptors (Lipinski definition) is 6. The molecule has 2 rings (SSSR count). The zero-order valence-electron chi connectivity index (χ0n) is 10.9. The summed E-state index contributed by atoms with van der Waals surface area (Å²) in [6.07, 6.45) is 1.81. The van der Waals surface area contributed by atoms with Gasteiger partial charge in [0.05, 0.1) is 13.0 Å². The minimum Gasteiger partial charge on any atom is -0.465 e. The molecule has 0 aromatic carbocycles.